The van der Waals surface area contributed by atoms with E-state index in [1.165, 1.54) is 41.8 Å². The lowest BCUT2D eigenvalue weighted by atomic mass is 10.1. The van der Waals surface area contributed by atoms with Gasteiger partial charge >= 0.3 is 5.97 Å². The fourth-order valence-corrected chi connectivity index (χ4v) is 4.50. The summed E-state index contributed by atoms with van der Waals surface area (Å²) in [6.45, 7) is 3.78. The molecule has 1 aromatic carbocycles. The lowest BCUT2D eigenvalue weighted by Gasteiger charge is -2.06. The van der Waals surface area contributed by atoms with E-state index in [0.29, 0.717) is 16.6 Å². The first-order valence-corrected chi connectivity index (χ1v) is 11.2. The highest BCUT2D eigenvalue weighted by Gasteiger charge is 2.17. The second kappa shape index (κ2) is 8.86. The number of pyridine rings is 1. The van der Waals surface area contributed by atoms with Gasteiger partial charge in [0.25, 0.3) is 5.56 Å². The van der Waals surface area contributed by atoms with Gasteiger partial charge in [-0.25, -0.2) is 19.7 Å². The molecule has 3 heterocycles. The van der Waals surface area contributed by atoms with Gasteiger partial charge < -0.3 is 15.0 Å². The molecule has 3 aromatic heterocycles. The number of aromatic amines is 1. The SMILES string of the molecule is COC(=O)c1cc(C)nc2nc(SCc3csc(Nc4ccc(C)cc4)n3)[nH]c(=O)c12. The van der Waals surface area contributed by atoms with Crippen LogP contribution in [-0.4, -0.2) is 33.0 Å². The van der Waals surface area contributed by atoms with Crippen LogP contribution in [0.2, 0.25) is 0 Å². The summed E-state index contributed by atoms with van der Waals surface area (Å²) in [5.41, 5.74) is 3.55. The van der Waals surface area contributed by atoms with E-state index in [9.17, 15) is 9.59 Å². The zero-order valence-electron chi connectivity index (χ0n) is 17.1. The van der Waals surface area contributed by atoms with Crippen molar-refractivity contribution < 1.29 is 9.53 Å². The van der Waals surface area contributed by atoms with Crippen LogP contribution < -0.4 is 10.9 Å². The fourth-order valence-electron chi connectivity index (χ4n) is 2.92. The molecule has 4 rings (SSSR count). The number of nitrogens with one attached hydrogen (secondary N) is 2. The lowest BCUT2D eigenvalue weighted by Crippen LogP contribution is -2.16. The molecule has 0 fully saturated rings. The molecule has 8 nitrogen and oxygen atoms in total. The standard InChI is InChI=1S/C21H19N5O3S2/c1-11-4-6-13(7-5-11)23-20-24-14(9-30-20)10-31-21-25-17-16(18(27)26-21)15(19(28)29-3)8-12(2)22-17/h4-9H,10H2,1-3H3,(H,23,24)(H,22,25,26,27). The summed E-state index contributed by atoms with van der Waals surface area (Å²) in [6.07, 6.45) is 0. The van der Waals surface area contributed by atoms with Gasteiger partial charge in [0, 0.05) is 22.5 Å². The Morgan fingerprint density at radius 1 is 1.19 bits per heavy atom. The van der Waals surface area contributed by atoms with Crippen molar-refractivity contribution in [2.24, 2.45) is 0 Å². The summed E-state index contributed by atoms with van der Waals surface area (Å²) in [7, 11) is 1.27. The van der Waals surface area contributed by atoms with Crippen LogP contribution in [0.15, 0.2) is 45.7 Å². The third-order valence-electron chi connectivity index (χ3n) is 4.40. The molecule has 0 aliphatic rings. The average molecular weight is 454 g/mol. The van der Waals surface area contributed by atoms with Gasteiger partial charge in [-0.15, -0.1) is 11.3 Å². The van der Waals surface area contributed by atoms with Gasteiger partial charge in [0.15, 0.2) is 15.9 Å². The first kappa shape index (κ1) is 21.0. The summed E-state index contributed by atoms with van der Waals surface area (Å²) in [5, 5.41) is 6.57. The smallest absolute Gasteiger partial charge is 0.338 e. The van der Waals surface area contributed by atoms with Crippen molar-refractivity contribution in [2.75, 3.05) is 12.4 Å². The van der Waals surface area contributed by atoms with E-state index >= 15 is 0 Å². The highest BCUT2D eigenvalue weighted by Crippen LogP contribution is 2.26. The molecule has 10 heteroatoms. The van der Waals surface area contributed by atoms with Crippen molar-refractivity contribution >= 4 is 50.9 Å². The zero-order valence-corrected chi connectivity index (χ0v) is 18.7. The summed E-state index contributed by atoms with van der Waals surface area (Å²) >= 11 is 2.85. The van der Waals surface area contributed by atoms with Gasteiger partial charge in [-0.05, 0) is 32.0 Å². The third-order valence-corrected chi connectivity index (χ3v) is 6.11. The maximum Gasteiger partial charge on any atom is 0.338 e. The van der Waals surface area contributed by atoms with Crippen molar-refractivity contribution in [1.29, 1.82) is 0 Å². The number of methoxy groups -OCH3 is 1. The van der Waals surface area contributed by atoms with Crippen LogP contribution in [0.5, 0.6) is 0 Å². The van der Waals surface area contributed by atoms with Crippen LogP contribution in [0.25, 0.3) is 11.0 Å². The van der Waals surface area contributed by atoms with Gasteiger partial charge in [0.05, 0.1) is 23.8 Å². The molecule has 0 amide bonds. The summed E-state index contributed by atoms with van der Waals surface area (Å²) in [5.74, 6) is -0.0739. The van der Waals surface area contributed by atoms with Crippen molar-refractivity contribution in [1.82, 2.24) is 19.9 Å². The number of fused-ring (bicyclic) bond motifs is 1. The Morgan fingerprint density at radius 3 is 2.71 bits per heavy atom. The molecule has 0 saturated heterocycles. The van der Waals surface area contributed by atoms with Crippen LogP contribution in [-0.2, 0) is 10.5 Å². The quantitative estimate of drug-likeness (QED) is 0.254. The topological polar surface area (TPSA) is 110 Å². The van der Waals surface area contributed by atoms with E-state index in [1.54, 1.807) is 6.92 Å². The third kappa shape index (κ3) is 4.75. The first-order valence-electron chi connectivity index (χ1n) is 9.34. The van der Waals surface area contributed by atoms with Crippen LogP contribution in [0.1, 0.15) is 27.3 Å². The highest BCUT2D eigenvalue weighted by atomic mass is 32.2. The van der Waals surface area contributed by atoms with Gasteiger partial charge in [0.1, 0.15) is 0 Å². The van der Waals surface area contributed by atoms with Crippen LogP contribution in [0.3, 0.4) is 0 Å². The Balaban J connectivity index is 1.52. The molecule has 0 aliphatic heterocycles. The van der Waals surface area contributed by atoms with Crippen LogP contribution in [0.4, 0.5) is 10.8 Å². The molecule has 0 radical (unpaired) electrons. The summed E-state index contributed by atoms with van der Waals surface area (Å²) in [4.78, 5) is 40.7. The first-order chi connectivity index (χ1) is 14.9. The number of nitrogens with zero attached hydrogens (tertiary/aromatic N) is 3. The van der Waals surface area contributed by atoms with Gasteiger partial charge in [0.2, 0.25) is 0 Å². The minimum absolute atomic E-state index is 0.125. The number of benzene rings is 1. The molecule has 31 heavy (non-hydrogen) atoms. The summed E-state index contributed by atoms with van der Waals surface area (Å²) < 4.78 is 4.78. The average Bonchev–Trinajstić information content (AvgIpc) is 3.19. The fraction of sp³-hybridized carbons (Fsp3) is 0.190. The molecule has 0 unspecified atom stereocenters. The Kier molecular flexibility index (Phi) is 6.01. The predicted molar refractivity (Wildman–Crippen MR) is 122 cm³/mol. The number of aromatic nitrogens is 4. The number of esters is 1. The number of carbonyl (C=O) groups excluding carboxylic acids is 1. The second-order valence-electron chi connectivity index (χ2n) is 6.80. The molecule has 4 aromatic rings. The minimum Gasteiger partial charge on any atom is -0.465 e. The molecule has 158 valence electrons. The Morgan fingerprint density at radius 2 is 1.97 bits per heavy atom. The molecule has 2 N–H and O–H groups in total. The second-order valence-corrected chi connectivity index (χ2v) is 8.62. The number of rotatable bonds is 6. The largest absolute Gasteiger partial charge is 0.465 e. The molecule has 0 saturated carbocycles. The number of H-pyrrole nitrogens is 1. The van der Waals surface area contributed by atoms with Gasteiger partial charge in [-0.1, -0.05) is 29.5 Å². The van der Waals surface area contributed by atoms with Crippen molar-refractivity contribution in [3.63, 3.8) is 0 Å². The monoisotopic (exact) mass is 453 g/mol. The number of anilines is 2. The molecule has 0 spiro atoms. The van der Waals surface area contributed by atoms with E-state index in [1.807, 2.05) is 36.6 Å². The Hall–Kier alpha value is -3.24. The van der Waals surface area contributed by atoms with Gasteiger partial charge in [-0.2, -0.15) is 0 Å². The van der Waals surface area contributed by atoms with E-state index in [0.717, 1.165) is 16.5 Å². The van der Waals surface area contributed by atoms with E-state index < -0.39 is 11.5 Å². The van der Waals surface area contributed by atoms with Crippen LogP contribution >= 0.6 is 23.1 Å². The molecule has 0 atom stereocenters. The maximum atomic E-state index is 12.6. The van der Waals surface area contributed by atoms with E-state index in [-0.39, 0.29) is 16.6 Å². The molecular formula is C21H19N5O3S2. The van der Waals surface area contributed by atoms with E-state index in [4.69, 9.17) is 4.74 Å². The molecule has 0 bridgehead atoms. The van der Waals surface area contributed by atoms with E-state index in [2.05, 4.69) is 25.3 Å². The maximum absolute atomic E-state index is 12.6. The van der Waals surface area contributed by atoms with Crippen LogP contribution in [0, 0.1) is 13.8 Å². The van der Waals surface area contributed by atoms with Crippen molar-refractivity contribution in [3.8, 4) is 0 Å². The molecule has 0 aliphatic carbocycles. The predicted octanol–water partition coefficient (Wildman–Crippen LogP) is 4.21. The zero-order chi connectivity index (χ0) is 22.0. The number of hydrogen-bond acceptors (Lipinski definition) is 9. The van der Waals surface area contributed by atoms with Crippen molar-refractivity contribution in [3.05, 3.63) is 68.6 Å². The number of aryl methyl sites for hydroxylation is 2. The number of hydrogen-bond donors (Lipinski definition) is 2. The Labute approximate surface area is 186 Å². The minimum atomic E-state index is -0.598. The normalized spacial score (nSPS) is 10.9. The number of carbonyl (C=O) groups is 1. The number of thiazole rings is 1. The lowest BCUT2D eigenvalue weighted by molar-refractivity contribution is 0.0602. The Bertz CT molecular complexity index is 1320. The molecular weight excluding hydrogens is 434 g/mol. The number of thioether (sulfide) groups is 1. The van der Waals surface area contributed by atoms with Crippen molar-refractivity contribution in [2.45, 2.75) is 24.8 Å². The van der Waals surface area contributed by atoms with Gasteiger partial charge in [-0.3, -0.25) is 4.79 Å². The summed E-state index contributed by atoms with van der Waals surface area (Å²) in [6, 6.07) is 9.61. The number of ether oxygens (including phenoxy) is 1. The highest BCUT2D eigenvalue weighted by molar-refractivity contribution is 7.98.